The van der Waals surface area contributed by atoms with Crippen LogP contribution in [0.5, 0.6) is 5.88 Å². The number of pyridine rings is 1. The number of esters is 1. The summed E-state index contributed by atoms with van der Waals surface area (Å²) in [6, 6.07) is 8.01. The monoisotopic (exact) mass is 397 g/mol. The number of hydrogen-bond donors (Lipinski definition) is 0. The van der Waals surface area contributed by atoms with Crippen LogP contribution in [-0.2, 0) is 9.53 Å². The average Bonchev–Trinajstić information content (AvgIpc) is 2.66. The molecule has 8 nitrogen and oxygen atoms in total. The van der Waals surface area contributed by atoms with E-state index in [1.165, 1.54) is 12.1 Å². The number of rotatable bonds is 6. The van der Waals surface area contributed by atoms with E-state index in [0.717, 1.165) is 0 Å². The largest absolute Gasteiger partial charge is 0.475 e. The van der Waals surface area contributed by atoms with Crippen molar-refractivity contribution in [3.05, 3.63) is 57.8 Å². The van der Waals surface area contributed by atoms with E-state index < -0.39 is 22.7 Å². The van der Waals surface area contributed by atoms with Gasteiger partial charge in [0.1, 0.15) is 5.92 Å². The van der Waals surface area contributed by atoms with E-state index in [1.807, 2.05) is 13.8 Å². The Balaban J connectivity index is 2.25. The summed E-state index contributed by atoms with van der Waals surface area (Å²) in [6.07, 6.45) is 1.45. The molecule has 0 bridgehead atoms. The number of nitrogens with zero attached hydrogens (tertiary/aromatic N) is 3. The number of nitro groups is 1. The van der Waals surface area contributed by atoms with Gasteiger partial charge in [-0.2, -0.15) is 0 Å². The minimum atomic E-state index is -0.733. The molecule has 0 saturated carbocycles. The third kappa shape index (κ3) is 4.11. The Morgan fingerprint density at radius 2 is 2.07 bits per heavy atom. The fourth-order valence-corrected chi connectivity index (χ4v) is 3.55. The van der Waals surface area contributed by atoms with Crippen LogP contribution in [-0.4, -0.2) is 34.3 Å². The molecular weight excluding hydrogens is 374 g/mol. The van der Waals surface area contributed by atoms with Gasteiger partial charge in [0.05, 0.1) is 23.3 Å². The summed E-state index contributed by atoms with van der Waals surface area (Å²) in [5.74, 6) is -1.37. The molecule has 2 aromatic rings. The van der Waals surface area contributed by atoms with Crippen molar-refractivity contribution in [2.45, 2.75) is 39.7 Å². The van der Waals surface area contributed by atoms with Crippen LogP contribution in [0.2, 0.25) is 0 Å². The molecule has 0 amide bonds. The molecule has 2 atom stereocenters. The number of aliphatic imine (C=N–C) groups is 1. The standard InChI is InChI=1S/C21H23N3O5/c1-5-28-21(25)17-13(4)23-16-9-10-22-20(29-12(2)3)19(16)18(17)14-7-6-8-15(11-14)24(26)27/h6-12,17-18H,5H2,1-4H3. The second-order valence-electron chi connectivity index (χ2n) is 7.03. The van der Waals surface area contributed by atoms with Crippen molar-refractivity contribution in [3.63, 3.8) is 0 Å². The van der Waals surface area contributed by atoms with Crippen molar-refractivity contribution in [1.82, 2.24) is 4.98 Å². The van der Waals surface area contributed by atoms with Gasteiger partial charge in [0.15, 0.2) is 0 Å². The molecule has 0 N–H and O–H groups in total. The lowest BCUT2D eigenvalue weighted by Crippen LogP contribution is -2.34. The number of benzene rings is 1. The molecular formula is C21H23N3O5. The predicted molar refractivity (Wildman–Crippen MR) is 108 cm³/mol. The first-order valence-corrected chi connectivity index (χ1v) is 9.45. The van der Waals surface area contributed by atoms with Gasteiger partial charge in [0.25, 0.3) is 5.69 Å². The molecule has 0 aliphatic carbocycles. The highest BCUT2D eigenvalue weighted by Gasteiger charge is 2.41. The summed E-state index contributed by atoms with van der Waals surface area (Å²) in [6.45, 7) is 7.48. The number of aromatic nitrogens is 1. The molecule has 29 heavy (non-hydrogen) atoms. The fraction of sp³-hybridized carbons (Fsp3) is 0.381. The van der Waals surface area contributed by atoms with Gasteiger partial charge in [-0.25, -0.2) is 4.98 Å². The second kappa shape index (κ2) is 8.38. The lowest BCUT2D eigenvalue weighted by atomic mass is 9.76. The van der Waals surface area contributed by atoms with Crippen LogP contribution in [0.1, 0.15) is 44.7 Å². The lowest BCUT2D eigenvalue weighted by Gasteiger charge is -2.32. The van der Waals surface area contributed by atoms with E-state index in [2.05, 4.69) is 9.98 Å². The molecule has 1 aromatic carbocycles. The Bertz CT molecular complexity index is 971. The van der Waals surface area contributed by atoms with Gasteiger partial charge in [0.2, 0.25) is 5.88 Å². The molecule has 1 aliphatic rings. The van der Waals surface area contributed by atoms with E-state index in [-0.39, 0.29) is 18.4 Å². The molecule has 0 fully saturated rings. The Kier molecular flexibility index (Phi) is 5.91. The quantitative estimate of drug-likeness (QED) is 0.411. The maximum Gasteiger partial charge on any atom is 0.315 e. The lowest BCUT2D eigenvalue weighted by molar-refractivity contribution is -0.384. The molecule has 152 valence electrons. The van der Waals surface area contributed by atoms with E-state index in [1.54, 1.807) is 38.2 Å². The zero-order valence-electron chi connectivity index (χ0n) is 16.8. The van der Waals surface area contributed by atoms with Crippen molar-refractivity contribution in [1.29, 1.82) is 0 Å². The zero-order valence-corrected chi connectivity index (χ0v) is 16.8. The predicted octanol–water partition coefficient (Wildman–Crippen LogP) is 4.19. The van der Waals surface area contributed by atoms with Crippen LogP contribution >= 0.6 is 0 Å². The van der Waals surface area contributed by atoms with Crippen LogP contribution in [0.15, 0.2) is 41.5 Å². The molecule has 0 spiro atoms. The molecule has 8 heteroatoms. The smallest absolute Gasteiger partial charge is 0.315 e. The van der Waals surface area contributed by atoms with Gasteiger partial charge in [0, 0.05) is 35.5 Å². The summed E-state index contributed by atoms with van der Waals surface area (Å²) in [5.41, 5.74) is 2.39. The van der Waals surface area contributed by atoms with Gasteiger partial charge in [-0.05, 0) is 39.3 Å². The van der Waals surface area contributed by atoms with Gasteiger partial charge < -0.3 is 9.47 Å². The van der Waals surface area contributed by atoms with Crippen molar-refractivity contribution in [2.24, 2.45) is 10.9 Å². The first-order valence-electron chi connectivity index (χ1n) is 9.45. The summed E-state index contributed by atoms with van der Waals surface area (Å²) >= 11 is 0. The van der Waals surface area contributed by atoms with Crippen LogP contribution < -0.4 is 4.74 Å². The molecule has 0 radical (unpaired) electrons. The Morgan fingerprint density at radius 3 is 2.72 bits per heavy atom. The Labute approximate surface area is 168 Å². The van der Waals surface area contributed by atoms with Gasteiger partial charge in [-0.1, -0.05) is 12.1 Å². The third-order valence-corrected chi connectivity index (χ3v) is 4.65. The first kappa shape index (κ1) is 20.4. The molecule has 2 heterocycles. The van der Waals surface area contributed by atoms with E-state index in [4.69, 9.17) is 9.47 Å². The number of carbonyl (C=O) groups is 1. The zero-order chi connectivity index (χ0) is 21.1. The highest BCUT2D eigenvalue weighted by Crippen LogP contribution is 2.47. The summed E-state index contributed by atoms with van der Waals surface area (Å²) in [5, 5.41) is 11.3. The summed E-state index contributed by atoms with van der Waals surface area (Å²) in [4.78, 5) is 32.7. The number of carbonyl (C=O) groups excluding carboxylic acids is 1. The highest BCUT2D eigenvalue weighted by molar-refractivity contribution is 6.05. The van der Waals surface area contributed by atoms with Crippen molar-refractivity contribution in [3.8, 4) is 5.88 Å². The Hall–Kier alpha value is -3.29. The number of non-ortho nitro benzene ring substituents is 1. The van der Waals surface area contributed by atoms with Crippen LogP contribution in [0.25, 0.3) is 0 Å². The second-order valence-corrected chi connectivity index (χ2v) is 7.03. The maximum atomic E-state index is 12.9. The van der Waals surface area contributed by atoms with Crippen molar-refractivity contribution in [2.75, 3.05) is 6.61 Å². The SMILES string of the molecule is CCOC(=O)C1C(C)=Nc2ccnc(OC(C)C)c2C1c1cccc([N+](=O)[O-])c1. The third-order valence-electron chi connectivity index (χ3n) is 4.65. The normalized spacial score (nSPS) is 18.0. The molecule has 0 saturated heterocycles. The minimum absolute atomic E-state index is 0.0537. The topological polar surface area (TPSA) is 104 Å². The number of hydrogen-bond acceptors (Lipinski definition) is 7. The fourth-order valence-electron chi connectivity index (χ4n) is 3.55. The van der Waals surface area contributed by atoms with E-state index in [9.17, 15) is 14.9 Å². The van der Waals surface area contributed by atoms with Crippen molar-refractivity contribution < 1.29 is 19.2 Å². The number of ether oxygens (including phenoxy) is 2. The first-order chi connectivity index (χ1) is 13.8. The van der Waals surface area contributed by atoms with E-state index in [0.29, 0.717) is 28.4 Å². The molecule has 1 aliphatic heterocycles. The van der Waals surface area contributed by atoms with Gasteiger partial charge >= 0.3 is 5.97 Å². The van der Waals surface area contributed by atoms with Crippen LogP contribution in [0.3, 0.4) is 0 Å². The van der Waals surface area contributed by atoms with Gasteiger partial charge in [-0.3, -0.25) is 19.9 Å². The Morgan fingerprint density at radius 1 is 1.31 bits per heavy atom. The molecule has 2 unspecified atom stereocenters. The maximum absolute atomic E-state index is 12.9. The van der Waals surface area contributed by atoms with E-state index >= 15 is 0 Å². The van der Waals surface area contributed by atoms with Crippen LogP contribution in [0.4, 0.5) is 11.4 Å². The molecule has 1 aromatic heterocycles. The number of nitro benzene ring substituents is 1. The van der Waals surface area contributed by atoms with Crippen molar-refractivity contribution >= 4 is 23.1 Å². The summed E-state index contributed by atoms with van der Waals surface area (Å²) in [7, 11) is 0. The number of fused-ring (bicyclic) bond motifs is 1. The minimum Gasteiger partial charge on any atom is -0.475 e. The van der Waals surface area contributed by atoms with Crippen LogP contribution in [0, 0.1) is 16.0 Å². The average molecular weight is 397 g/mol. The molecule has 3 rings (SSSR count). The summed E-state index contributed by atoms with van der Waals surface area (Å²) < 4.78 is 11.2. The highest BCUT2D eigenvalue weighted by atomic mass is 16.6. The van der Waals surface area contributed by atoms with Gasteiger partial charge in [-0.15, -0.1) is 0 Å².